The van der Waals surface area contributed by atoms with Crippen molar-refractivity contribution in [2.75, 3.05) is 6.61 Å². The Morgan fingerprint density at radius 2 is 2.50 bits per heavy atom. The topological polar surface area (TPSA) is 75.4 Å². The van der Waals surface area contributed by atoms with E-state index in [9.17, 15) is 4.79 Å². The summed E-state index contributed by atoms with van der Waals surface area (Å²) in [6.07, 6.45) is 2.94. The summed E-state index contributed by atoms with van der Waals surface area (Å²) < 4.78 is 4.88. The van der Waals surface area contributed by atoms with Gasteiger partial charge in [-0.05, 0) is 19.8 Å². The van der Waals surface area contributed by atoms with E-state index in [-0.39, 0.29) is 30.2 Å². The highest BCUT2D eigenvalue weighted by atomic mass is 16.5. The third-order valence-corrected chi connectivity index (χ3v) is 3.06. The molecule has 2 rings (SSSR count). The van der Waals surface area contributed by atoms with Crippen molar-refractivity contribution in [1.29, 1.82) is 0 Å². The van der Waals surface area contributed by atoms with Crippen LogP contribution in [0.5, 0.6) is 0 Å². The van der Waals surface area contributed by atoms with E-state index in [2.05, 4.69) is 10.5 Å². The minimum atomic E-state index is -0.244. The molecule has 1 aliphatic rings. The summed E-state index contributed by atoms with van der Waals surface area (Å²) in [5, 5.41) is 15.7. The average Bonchev–Trinajstić information content (AvgIpc) is 2.86. The first-order chi connectivity index (χ1) is 7.70. The predicted molar refractivity (Wildman–Crippen MR) is 56.9 cm³/mol. The fourth-order valence-electron chi connectivity index (χ4n) is 2.16. The van der Waals surface area contributed by atoms with Crippen molar-refractivity contribution in [3.05, 3.63) is 17.5 Å². The molecule has 88 valence electrons. The molecule has 5 heteroatoms. The molecule has 1 aromatic heterocycles. The molecule has 0 aromatic carbocycles. The lowest BCUT2D eigenvalue weighted by molar-refractivity contribution is 0.0878. The first-order valence-corrected chi connectivity index (χ1v) is 5.55. The van der Waals surface area contributed by atoms with Gasteiger partial charge < -0.3 is 14.9 Å². The van der Waals surface area contributed by atoms with Crippen LogP contribution in [-0.4, -0.2) is 28.8 Å². The molecule has 1 aliphatic carbocycles. The number of nitrogens with zero attached hydrogens (tertiary/aromatic N) is 1. The smallest absolute Gasteiger partial charge is 0.290 e. The van der Waals surface area contributed by atoms with E-state index in [1.165, 1.54) is 0 Å². The lowest BCUT2D eigenvalue weighted by Crippen LogP contribution is -2.38. The Morgan fingerprint density at radius 1 is 1.69 bits per heavy atom. The normalized spacial score (nSPS) is 24.6. The molecule has 0 saturated heterocycles. The molecule has 1 saturated carbocycles. The quantitative estimate of drug-likeness (QED) is 0.799. The van der Waals surface area contributed by atoms with Crippen molar-refractivity contribution in [3.8, 4) is 0 Å². The molecule has 0 radical (unpaired) electrons. The molecule has 0 aliphatic heterocycles. The Morgan fingerprint density at radius 3 is 3.12 bits per heavy atom. The second kappa shape index (κ2) is 4.65. The van der Waals surface area contributed by atoms with Gasteiger partial charge in [-0.25, -0.2) is 0 Å². The summed E-state index contributed by atoms with van der Waals surface area (Å²) >= 11 is 0. The van der Waals surface area contributed by atoms with Crippen molar-refractivity contribution in [2.24, 2.45) is 5.92 Å². The van der Waals surface area contributed by atoms with Crippen LogP contribution in [0.3, 0.4) is 0 Å². The van der Waals surface area contributed by atoms with Gasteiger partial charge >= 0.3 is 0 Å². The summed E-state index contributed by atoms with van der Waals surface area (Å²) in [5.41, 5.74) is 0.690. The highest BCUT2D eigenvalue weighted by molar-refractivity contribution is 5.91. The minimum Gasteiger partial charge on any atom is -0.396 e. The van der Waals surface area contributed by atoms with Crippen LogP contribution in [0.1, 0.15) is 35.5 Å². The molecule has 0 spiro atoms. The first-order valence-electron chi connectivity index (χ1n) is 5.55. The molecule has 2 atom stereocenters. The van der Waals surface area contributed by atoms with Gasteiger partial charge in [0, 0.05) is 24.6 Å². The van der Waals surface area contributed by atoms with Crippen LogP contribution in [0.4, 0.5) is 0 Å². The van der Waals surface area contributed by atoms with E-state index >= 15 is 0 Å². The highest BCUT2D eigenvalue weighted by Gasteiger charge is 2.28. The molecule has 1 heterocycles. The summed E-state index contributed by atoms with van der Waals surface area (Å²) in [7, 11) is 0. The monoisotopic (exact) mass is 224 g/mol. The van der Waals surface area contributed by atoms with E-state index in [1.54, 1.807) is 13.0 Å². The predicted octanol–water partition coefficient (Wildman–Crippen LogP) is 0.874. The third-order valence-electron chi connectivity index (χ3n) is 3.06. The molecule has 5 nitrogen and oxygen atoms in total. The number of aliphatic hydroxyl groups excluding tert-OH is 1. The average molecular weight is 224 g/mol. The number of aromatic nitrogens is 1. The van der Waals surface area contributed by atoms with Gasteiger partial charge in [-0.15, -0.1) is 0 Å². The molecular weight excluding hydrogens is 208 g/mol. The highest BCUT2D eigenvalue weighted by Crippen LogP contribution is 2.25. The number of hydrogen-bond donors (Lipinski definition) is 2. The molecule has 2 N–H and O–H groups in total. The van der Waals surface area contributed by atoms with Gasteiger partial charge in [-0.2, -0.15) is 0 Å². The number of amides is 1. The van der Waals surface area contributed by atoms with E-state index in [4.69, 9.17) is 9.63 Å². The molecule has 1 amide bonds. The maximum atomic E-state index is 11.7. The lowest BCUT2D eigenvalue weighted by Gasteiger charge is -2.17. The largest absolute Gasteiger partial charge is 0.396 e. The molecular formula is C11H16N2O3. The second-order valence-corrected chi connectivity index (χ2v) is 4.29. The fourth-order valence-corrected chi connectivity index (χ4v) is 2.16. The zero-order valence-corrected chi connectivity index (χ0v) is 9.27. The maximum Gasteiger partial charge on any atom is 0.290 e. The number of nitrogens with one attached hydrogen (secondary N) is 1. The van der Waals surface area contributed by atoms with Crippen LogP contribution in [0.25, 0.3) is 0 Å². The van der Waals surface area contributed by atoms with Crippen LogP contribution >= 0.6 is 0 Å². The Balaban J connectivity index is 1.97. The fraction of sp³-hybridized carbons (Fsp3) is 0.636. The van der Waals surface area contributed by atoms with Crippen molar-refractivity contribution < 1.29 is 14.4 Å². The standard InChI is InChI=1S/C11H16N2O3/c1-7-5-10(16-13-7)11(15)12-9-4-2-3-8(9)6-14/h5,8-9,14H,2-4,6H2,1H3,(H,12,15). The first kappa shape index (κ1) is 11.1. The Labute approximate surface area is 93.8 Å². The molecule has 1 aromatic rings. The summed E-state index contributed by atoms with van der Waals surface area (Å²) in [6, 6.07) is 1.67. The Hall–Kier alpha value is -1.36. The molecule has 16 heavy (non-hydrogen) atoms. The lowest BCUT2D eigenvalue weighted by atomic mass is 10.1. The minimum absolute atomic E-state index is 0.0582. The summed E-state index contributed by atoms with van der Waals surface area (Å²) in [6.45, 7) is 1.90. The van der Waals surface area contributed by atoms with E-state index in [0.717, 1.165) is 19.3 Å². The van der Waals surface area contributed by atoms with Gasteiger partial charge in [-0.3, -0.25) is 4.79 Å². The summed E-state index contributed by atoms with van der Waals surface area (Å²) in [5.74, 6) is 0.167. The molecule has 0 bridgehead atoms. The van der Waals surface area contributed by atoms with Crippen LogP contribution < -0.4 is 5.32 Å². The Bertz CT molecular complexity index is 375. The second-order valence-electron chi connectivity index (χ2n) is 4.29. The number of carbonyl (C=O) groups excluding carboxylic acids is 1. The summed E-state index contributed by atoms with van der Waals surface area (Å²) in [4.78, 5) is 11.7. The van der Waals surface area contributed by atoms with Gasteiger partial charge in [0.15, 0.2) is 0 Å². The van der Waals surface area contributed by atoms with Crippen molar-refractivity contribution in [1.82, 2.24) is 10.5 Å². The van der Waals surface area contributed by atoms with Crippen molar-refractivity contribution in [3.63, 3.8) is 0 Å². The molecule has 2 unspecified atom stereocenters. The number of aliphatic hydroxyl groups is 1. The zero-order chi connectivity index (χ0) is 11.5. The number of hydrogen-bond acceptors (Lipinski definition) is 4. The van der Waals surface area contributed by atoms with Gasteiger partial charge in [0.1, 0.15) is 0 Å². The van der Waals surface area contributed by atoms with Gasteiger partial charge in [-0.1, -0.05) is 11.6 Å². The van der Waals surface area contributed by atoms with Gasteiger partial charge in [0.05, 0.1) is 5.69 Å². The van der Waals surface area contributed by atoms with E-state index < -0.39 is 0 Å². The van der Waals surface area contributed by atoms with Crippen molar-refractivity contribution >= 4 is 5.91 Å². The van der Waals surface area contributed by atoms with E-state index in [1.807, 2.05) is 0 Å². The van der Waals surface area contributed by atoms with Gasteiger partial charge in [0.25, 0.3) is 5.91 Å². The van der Waals surface area contributed by atoms with Crippen LogP contribution in [-0.2, 0) is 0 Å². The van der Waals surface area contributed by atoms with E-state index in [0.29, 0.717) is 5.69 Å². The zero-order valence-electron chi connectivity index (χ0n) is 9.27. The van der Waals surface area contributed by atoms with Crippen LogP contribution in [0.15, 0.2) is 10.6 Å². The van der Waals surface area contributed by atoms with Crippen LogP contribution in [0, 0.1) is 12.8 Å². The van der Waals surface area contributed by atoms with Crippen LogP contribution in [0.2, 0.25) is 0 Å². The number of rotatable bonds is 3. The molecule has 1 fully saturated rings. The SMILES string of the molecule is Cc1cc(C(=O)NC2CCCC2CO)on1. The third kappa shape index (κ3) is 2.24. The number of aryl methyl sites for hydroxylation is 1. The number of carbonyl (C=O) groups is 1. The van der Waals surface area contributed by atoms with Gasteiger partial charge in [0.2, 0.25) is 5.76 Å². The maximum absolute atomic E-state index is 11.7. The Kier molecular flexibility index (Phi) is 3.24. The van der Waals surface area contributed by atoms with Crippen molar-refractivity contribution in [2.45, 2.75) is 32.2 Å².